The highest BCUT2D eigenvalue weighted by Gasteiger charge is 2.46. The van der Waals surface area contributed by atoms with Crippen molar-refractivity contribution in [2.24, 2.45) is 11.8 Å². The van der Waals surface area contributed by atoms with Crippen LogP contribution in [-0.2, 0) is 0 Å². The number of halogens is 1. The van der Waals surface area contributed by atoms with Crippen molar-refractivity contribution in [3.05, 3.63) is 29.4 Å². The average Bonchev–Trinajstić information content (AvgIpc) is 3.28. The summed E-state index contributed by atoms with van der Waals surface area (Å²) in [6.45, 7) is 4.66. The van der Waals surface area contributed by atoms with Crippen molar-refractivity contribution < 1.29 is 5.11 Å². The molecule has 3 unspecified atom stereocenters. The molecule has 0 saturated heterocycles. The fourth-order valence-electron chi connectivity index (χ4n) is 4.37. The highest BCUT2D eigenvalue weighted by Crippen LogP contribution is 2.47. The number of nitrogens with zero attached hydrogens (tertiary/aromatic N) is 4. The van der Waals surface area contributed by atoms with Gasteiger partial charge >= 0.3 is 0 Å². The van der Waals surface area contributed by atoms with Crippen LogP contribution < -0.4 is 10.2 Å². The Morgan fingerprint density at radius 2 is 2.07 bits per heavy atom. The summed E-state index contributed by atoms with van der Waals surface area (Å²) in [4.78, 5) is 16.2. The van der Waals surface area contributed by atoms with E-state index in [1.165, 1.54) is 0 Å². The third kappa shape index (κ3) is 3.35. The molecule has 1 fully saturated rings. The first-order chi connectivity index (χ1) is 13.9. The molecule has 0 bridgehead atoms. The Morgan fingerprint density at radius 3 is 2.72 bits per heavy atom. The Labute approximate surface area is 180 Å². The molecule has 1 aliphatic rings. The highest BCUT2D eigenvalue weighted by atomic mass is 35.5. The molecule has 0 aliphatic heterocycles. The van der Waals surface area contributed by atoms with Gasteiger partial charge in [-0.3, -0.25) is 0 Å². The van der Waals surface area contributed by atoms with Gasteiger partial charge in [0.05, 0.1) is 15.8 Å². The minimum Gasteiger partial charge on any atom is -0.396 e. The summed E-state index contributed by atoms with van der Waals surface area (Å²) in [6.07, 6.45) is 1.97. The number of fused-ring (bicyclic) bond motifs is 1. The first-order valence-electron chi connectivity index (χ1n) is 9.85. The van der Waals surface area contributed by atoms with Crippen LogP contribution in [0.5, 0.6) is 0 Å². The quantitative estimate of drug-likeness (QED) is 0.571. The number of aliphatic hydroxyl groups is 1. The molecule has 0 radical (unpaired) electrons. The summed E-state index contributed by atoms with van der Waals surface area (Å²) < 4.78 is 1.10. The number of nitrogens with one attached hydrogen (secondary N) is 1. The zero-order chi connectivity index (χ0) is 20.8. The fourth-order valence-corrected chi connectivity index (χ4v) is 5.68. The van der Waals surface area contributed by atoms with Gasteiger partial charge in [-0.2, -0.15) is 4.98 Å². The normalized spacial score (nSPS) is 24.2. The second-order valence-electron chi connectivity index (χ2n) is 7.96. The van der Waals surface area contributed by atoms with Crippen LogP contribution >= 0.6 is 22.9 Å². The Bertz CT molecular complexity index is 1010. The molecule has 2 heterocycles. The number of hydrogen-bond donors (Lipinski definition) is 2. The van der Waals surface area contributed by atoms with Gasteiger partial charge in [-0.15, -0.1) is 11.3 Å². The number of hydrogen-bond acceptors (Lipinski definition) is 7. The molecule has 3 aromatic rings. The number of anilines is 2. The van der Waals surface area contributed by atoms with Crippen LogP contribution in [0.4, 0.5) is 11.8 Å². The van der Waals surface area contributed by atoms with Crippen LogP contribution in [0, 0.1) is 11.8 Å². The number of benzene rings is 1. The largest absolute Gasteiger partial charge is 0.396 e. The van der Waals surface area contributed by atoms with Crippen LogP contribution in [0.3, 0.4) is 0 Å². The van der Waals surface area contributed by atoms with Gasteiger partial charge in [0.2, 0.25) is 5.95 Å². The van der Waals surface area contributed by atoms with E-state index in [1.807, 2.05) is 18.2 Å². The highest BCUT2D eigenvalue weighted by molar-refractivity contribution is 7.21. The van der Waals surface area contributed by atoms with Crippen molar-refractivity contribution in [2.45, 2.75) is 32.2 Å². The number of thiazole rings is 1. The third-order valence-electron chi connectivity index (χ3n) is 6.60. The molecule has 1 aliphatic carbocycles. The molecular weight excluding hydrogens is 406 g/mol. The Hall–Kier alpha value is -1.96. The zero-order valence-electron chi connectivity index (χ0n) is 17.1. The second kappa shape index (κ2) is 7.70. The van der Waals surface area contributed by atoms with E-state index < -0.39 is 0 Å². The first kappa shape index (κ1) is 20.3. The van der Waals surface area contributed by atoms with E-state index in [2.05, 4.69) is 42.2 Å². The molecule has 1 aromatic carbocycles. The molecule has 4 rings (SSSR count). The van der Waals surface area contributed by atoms with Crippen molar-refractivity contribution >= 4 is 44.9 Å². The second-order valence-corrected chi connectivity index (χ2v) is 9.35. The van der Waals surface area contributed by atoms with Crippen molar-refractivity contribution in [3.8, 4) is 10.6 Å². The number of para-hydroxylation sites is 1. The minimum atomic E-state index is -0.151. The van der Waals surface area contributed by atoms with E-state index >= 15 is 0 Å². The van der Waals surface area contributed by atoms with E-state index in [-0.39, 0.29) is 18.1 Å². The van der Waals surface area contributed by atoms with Crippen molar-refractivity contribution in [1.82, 2.24) is 15.0 Å². The Morgan fingerprint density at radius 1 is 1.31 bits per heavy atom. The number of aromatic nitrogens is 3. The third-order valence-corrected chi connectivity index (χ3v) is 7.93. The number of aliphatic hydroxyl groups excluding tert-OH is 1. The molecule has 29 heavy (non-hydrogen) atoms. The van der Waals surface area contributed by atoms with Crippen LogP contribution in [0.2, 0.25) is 5.15 Å². The standard InChI is InChI=1S/C21H26ClN5OS/c1-12-13(11-28)9-10-21(12,2)27(4)18-16(17(22)25-20(23-3)26-18)19-24-14-7-5-6-8-15(14)29-19/h5-8,12-13,28H,9-11H2,1-4H3,(H,23,25,26). The number of rotatable bonds is 5. The molecule has 6 nitrogen and oxygen atoms in total. The van der Waals surface area contributed by atoms with Gasteiger partial charge < -0.3 is 15.3 Å². The molecule has 0 amide bonds. The lowest BCUT2D eigenvalue weighted by atomic mass is 9.85. The van der Waals surface area contributed by atoms with Crippen molar-refractivity contribution in [3.63, 3.8) is 0 Å². The average molecular weight is 432 g/mol. The molecule has 2 aromatic heterocycles. The predicted molar refractivity (Wildman–Crippen MR) is 121 cm³/mol. The lowest BCUT2D eigenvalue weighted by Gasteiger charge is -2.42. The van der Waals surface area contributed by atoms with E-state index in [0.29, 0.717) is 17.0 Å². The summed E-state index contributed by atoms with van der Waals surface area (Å²) >= 11 is 8.27. The van der Waals surface area contributed by atoms with Crippen LogP contribution in [0.1, 0.15) is 26.7 Å². The summed E-state index contributed by atoms with van der Waals surface area (Å²) in [5.74, 6) is 1.85. The SMILES string of the molecule is CNc1nc(Cl)c(-c2nc3ccccc3s2)c(N(C)C2(C)CCC(CO)C2C)n1. The molecule has 8 heteroatoms. The first-order valence-corrected chi connectivity index (χ1v) is 11.0. The molecule has 0 spiro atoms. The van der Waals surface area contributed by atoms with Crippen LogP contribution in [-0.4, -0.2) is 46.3 Å². The molecule has 3 atom stereocenters. The monoisotopic (exact) mass is 431 g/mol. The maximum Gasteiger partial charge on any atom is 0.225 e. The predicted octanol–water partition coefficient (Wildman–Crippen LogP) is 4.68. The van der Waals surface area contributed by atoms with Gasteiger partial charge in [-0.1, -0.05) is 30.7 Å². The van der Waals surface area contributed by atoms with Gasteiger partial charge in [0.15, 0.2) is 0 Å². The van der Waals surface area contributed by atoms with Gasteiger partial charge in [-0.05, 0) is 43.7 Å². The van der Waals surface area contributed by atoms with Crippen molar-refractivity contribution in [1.29, 1.82) is 0 Å². The maximum absolute atomic E-state index is 9.78. The van der Waals surface area contributed by atoms with Crippen molar-refractivity contribution in [2.75, 3.05) is 30.9 Å². The molecular formula is C21H26ClN5OS. The maximum atomic E-state index is 9.78. The topological polar surface area (TPSA) is 74.2 Å². The summed E-state index contributed by atoms with van der Waals surface area (Å²) in [5, 5.41) is 14.0. The zero-order valence-corrected chi connectivity index (χ0v) is 18.7. The Kier molecular flexibility index (Phi) is 5.40. The smallest absolute Gasteiger partial charge is 0.225 e. The summed E-state index contributed by atoms with van der Waals surface area (Å²) in [7, 11) is 3.85. The molecule has 2 N–H and O–H groups in total. The van der Waals surface area contributed by atoms with Gasteiger partial charge in [0.1, 0.15) is 16.0 Å². The van der Waals surface area contributed by atoms with E-state index in [9.17, 15) is 5.11 Å². The van der Waals surface area contributed by atoms with Gasteiger partial charge in [0, 0.05) is 26.2 Å². The van der Waals surface area contributed by atoms with Crippen LogP contribution in [0.25, 0.3) is 20.8 Å². The summed E-state index contributed by atoms with van der Waals surface area (Å²) in [6, 6.07) is 8.05. The van der Waals surface area contributed by atoms with Crippen LogP contribution in [0.15, 0.2) is 24.3 Å². The lowest BCUT2D eigenvalue weighted by molar-refractivity contribution is 0.181. The molecule has 154 valence electrons. The van der Waals surface area contributed by atoms with E-state index in [4.69, 9.17) is 21.6 Å². The van der Waals surface area contributed by atoms with Gasteiger partial charge in [-0.25, -0.2) is 9.97 Å². The van der Waals surface area contributed by atoms with E-state index in [1.54, 1.807) is 18.4 Å². The fraction of sp³-hybridized carbons (Fsp3) is 0.476. The minimum absolute atomic E-state index is 0.151. The Balaban J connectivity index is 1.87. The lowest BCUT2D eigenvalue weighted by Crippen LogP contribution is -2.48. The van der Waals surface area contributed by atoms with Gasteiger partial charge in [0.25, 0.3) is 0 Å². The van der Waals surface area contributed by atoms with E-state index in [0.717, 1.165) is 39.4 Å². The molecule has 1 saturated carbocycles. The summed E-state index contributed by atoms with van der Waals surface area (Å²) in [5.41, 5.74) is 1.55.